The van der Waals surface area contributed by atoms with Crippen LogP contribution in [0.3, 0.4) is 0 Å². The number of aliphatic hydroxyl groups excluding tert-OH is 5. The van der Waals surface area contributed by atoms with Gasteiger partial charge in [-0.15, -0.1) is 0 Å². The summed E-state index contributed by atoms with van der Waals surface area (Å²) in [4.78, 5) is 1.28. The van der Waals surface area contributed by atoms with Crippen molar-refractivity contribution in [3.8, 4) is 11.8 Å². The van der Waals surface area contributed by atoms with Gasteiger partial charge in [-0.25, -0.2) is 0 Å². The highest BCUT2D eigenvalue weighted by Gasteiger charge is 2.46. The minimum absolute atomic E-state index is 0.118. The lowest BCUT2D eigenvalue weighted by Crippen LogP contribution is -2.67. The SMILES string of the molecule is N#Cc1ccc(OCCN2C(O)[C@H](O)[C@@H](O)[C@H](O)[C@H]2CO)cc1. The number of likely N-dealkylation sites (tertiary alicyclic amines) is 1. The summed E-state index contributed by atoms with van der Waals surface area (Å²) in [6.07, 6.45) is -5.87. The third-order valence-electron chi connectivity index (χ3n) is 3.95. The molecule has 5 atom stereocenters. The maximum atomic E-state index is 9.99. The minimum Gasteiger partial charge on any atom is -0.492 e. The van der Waals surface area contributed by atoms with Crippen molar-refractivity contribution in [1.29, 1.82) is 5.26 Å². The van der Waals surface area contributed by atoms with Crippen LogP contribution in [0, 0.1) is 11.3 Å². The largest absolute Gasteiger partial charge is 0.492 e. The summed E-state index contributed by atoms with van der Waals surface area (Å²) < 4.78 is 5.48. The zero-order valence-electron chi connectivity index (χ0n) is 12.4. The Hall–Kier alpha value is -1.73. The molecule has 8 nitrogen and oxygen atoms in total. The van der Waals surface area contributed by atoms with E-state index < -0.39 is 37.2 Å². The van der Waals surface area contributed by atoms with E-state index in [-0.39, 0.29) is 13.2 Å². The van der Waals surface area contributed by atoms with Crippen molar-refractivity contribution in [2.75, 3.05) is 19.8 Å². The van der Waals surface area contributed by atoms with Crippen molar-refractivity contribution in [1.82, 2.24) is 4.90 Å². The first-order chi connectivity index (χ1) is 11.0. The second-order valence-corrected chi connectivity index (χ2v) is 5.36. The summed E-state index contributed by atoms with van der Waals surface area (Å²) in [6.45, 7) is -0.249. The smallest absolute Gasteiger partial charge is 0.136 e. The maximum Gasteiger partial charge on any atom is 0.136 e. The molecule has 0 aromatic heterocycles. The number of benzene rings is 1. The Morgan fingerprint density at radius 2 is 1.70 bits per heavy atom. The van der Waals surface area contributed by atoms with Gasteiger partial charge >= 0.3 is 0 Å². The van der Waals surface area contributed by atoms with Gasteiger partial charge < -0.3 is 30.3 Å². The molecule has 0 bridgehead atoms. The Morgan fingerprint density at radius 3 is 2.26 bits per heavy atom. The van der Waals surface area contributed by atoms with E-state index in [1.807, 2.05) is 6.07 Å². The summed E-state index contributed by atoms with van der Waals surface area (Å²) in [5, 5.41) is 57.3. The van der Waals surface area contributed by atoms with Crippen molar-refractivity contribution >= 4 is 0 Å². The molecule has 1 aliphatic heterocycles. The standard InChI is InChI=1S/C15H20N2O6/c16-7-9-1-3-10(4-2-9)23-6-5-17-11(8-18)12(19)13(20)14(21)15(17)22/h1-4,11-15,18-22H,5-6,8H2/t11-,12-,13+,14-,15?/m1/s1. The molecular formula is C15H20N2O6. The highest BCUT2D eigenvalue weighted by atomic mass is 16.5. The molecule has 1 heterocycles. The fraction of sp³-hybridized carbons (Fsp3) is 0.533. The topological polar surface area (TPSA) is 137 Å². The lowest BCUT2D eigenvalue weighted by molar-refractivity contribution is -0.223. The third-order valence-corrected chi connectivity index (χ3v) is 3.95. The van der Waals surface area contributed by atoms with Crippen molar-refractivity contribution in [3.05, 3.63) is 29.8 Å². The van der Waals surface area contributed by atoms with Gasteiger partial charge in [-0.05, 0) is 24.3 Å². The number of nitrogens with zero attached hydrogens (tertiary/aromatic N) is 2. The van der Waals surface area contributed by atoms with Crippen molar-refractivity contribution in [2.45, 2.75) is 30.6 Å². The van der Waals surface area contributed by atoms with Gasteiger partial charge in [-0.2, -0.15) is 5.26 Å². The lowest BCUT2D eigenvalue weighted by atomic mass is 9.93. The van der Waals surface area contributed by atoms with E-state index in [9.17, 15) is 25.5 Å². The average molecular weight is 324 g/mol. The molecule has 0 amide bonds. The second-order valence-electron chi connectivity index (χ2n) is 5.36. The van der Waals surface area contributed by atoms with E-state index in [1.54, 1.807) is 24.3 Å². The third kappa shape index (κ3) is 3.79. The molecule has 0 spiro atoms. The van der Waals surface area contributed by atoms with Crippen LogP contribution in [0.15, 0.2) is 24.3 Å². The van der Waals surface area contributed by atoms with E-state index in [0.717, 1.165) is 0 Å². The molecule has 0 saturated carbocycles. The molecule has 8 heteroatoms. The minimum atomic E-state index is -1.54. The molecule has 1 fully saturated rings. The van der Waals surface area contributed by atoms with Gasteiger partial charge in [0.1, 0.15) is 36.9 Å². The Kier molecular flexibility index (Phi) is 5.90. The number of ether oxygens (including phenoxy) is 1. The monoisotopic (exact) mass is 324 g/mol. The van der Waals surface area contributed by atoms with Crippen LogP contribution in [-0.2, 0) is 0 Å². The number of piperidine rings is 1. The van der Waals surface area contributed by atoms with Crippen molar-refractivity contribution in [2.24, 2.45) is 0 Å². The zero-order valence-corrected chi connectivity index (χ0v) is 12.4. The molecule has 1 aromatic carbocycles. The second kappa shape index (κ2) is 7.70. The van der Waals surface area contributed by atoms with Gasteiger partial charge in [-0.3, -0.25) is 4.90 Å². The predicted octanol–water partition coefficient (Wildman–Crippen LogP) is -1.99. The first kappa shape index (κ1) is 17.6. The normalized spacial score (nSPS) is 31.6. The molecule has 23 heavy (non-hydrogen) atoms. The Bertz CT molecular complexity index is 546. The summed E-state index contributed by atoms with van der Waals surface area (Å²) >= 11 is 0. The van der Waals surface area contributed by atoms with E-state index >= 15 is 0 Å². The quantitative estimate of drug-likeness (QED) is 0.420. The van der Waals surface area contributed by atoms with Crippen LogP contribution < -0.4 is 4.74 Å². The van der Waals surface area contributed by atoms with Crippen LogP contribution in [-0.4, -0.2) is 80.8 Å². The molecule has 1 aliphatic rings. The number of hydrogen-bond donors (Lipinski definition) is 5. The highest BCUT2D eigenvalue weighted by Crippen LogP contribution is 2.23. The van der Waals surface area contributed by atoms with Crippen LogP contribution >= 0.6 is 0 Å². The first-order valence-corrected chi connectivity index (χ1v) is 7.21. The molecule has 5 N–H and O–H groups in total. The molecular weight excluding hydrogens is 304 g/mol. The maximum absolute atomic E-state index is 9.99. The lowest BCUT2D eigenvalue weighted by Gasteiger charge is -2.46. The highest BCUT2D eigenvalue weighted by molar-refractivity contribution is 5.34. The summed E-state index contributed by atoms with van der Waals surface area (Å²) in [5.41, 5.74) is 0.504. The summed E-state index contributed by atoms with van der Waals surface area (Å²) in [6, 6.07) is 7.54. The summed E-state index contributed by atoms with van der Waals surface area (Å²) in [5.74, 6) is 0.525. The van der Waals surface area contributed by atoms with Gasteiger partial charge in [-0.1, -0.05) is 0 Å². The summed E-state index contributed by atoms with van der Waals surface area (Å²) in [7, 11) is 0. The van der Waals surface area contributed by atoms with Crippen molar-refractivity contribution in [3.63, 3.8) is 0 Å². The molecule has 1 aromatic rings. The van der Waals surface area contributed by atoms with E-state index in [2.05, 4.69) is 0 Å². The van der Waals surface area contributed by atoms with Crippen LogP contribution in [0.2, 0.25) is 0 Å². The van der Waals surface area contributed by atoms with Crippen molar-refractivity contribution < 1.29 is 30.3 Å². The fourth-order valence-corrected chi connectivity index (χ4v) is 2.60. The molecule has 0 radical (unpaired) electrons. The van der Waals surface area contributed by atoms with Crippen LogP contribution in [0.1, 0.15) is 5.56 Å². The Balaban J connectivity index is 1.95. The van der Waals surface area contributed by atoms with Gasteiger partial charge in [0, 0.05) is 6.54 Å². The van der Waals surface area contributed by atoms with E-state index in [4.69, 9.17) is 10.00 Å². The van der Waals surface area contributed by atoms with E-state index in [0.29, 0.717) is 11.3 Å². The Labute approximate surface area is 133 Å². The number of rotatable bonds is 5. The number of aliphatic hydroxyl groups is 5. The van der Waals surface area contributed by atoms with Gasteiger partial charge in [0.25, 0.3) is 0 Å². The van der Waals surface area contributed by atoms with Gasteiger partial charge in [0.05, 0.1) is 24.3 Å². The Morgan fingerprint density at radius 1 is 1.04 bits per heavy atom. The molecule has 2 rings (SSSR count). The number of hydrogen-bond acceptors (Lipinski definition) is 8. The van der Waals surface area contributed by atoms with E-state index in [1.165, 1.54) is 4.90 Å². The molecule has 1 saturated heterocycles. The van der Waals surface area contributed by atoms with Crippen LogP contribution in [0.4, 0.5) is 0 Å². The molecule has 126 valence electrons. The molecule has 1 unspecified atom stereocenters. The number of nitriles is 1. The first-order valence-electron chi connectivity index (χ1n) is 7.21. The van der Waals surface area contributed by atoms with Crippen LogP contribution in [0.25, 0.3) is 0 Å². The zero-order chi connectivity index (χ0) is 17.0. The predicted molar refractivity (Wildman–Crippen MR) is 78.3 cm³/mol. The van der Waals surface area contributed by atoms with Crippen LogP contribution in [0.5, 0.6) is 5.75 Å². The van der Waals surface area contributed by atoms with Gasteiger partial charge in [0.15, 0.2) is 0 Å². The van der Waals surface area contributed by atoms with Gasteiger partial charge in [0.2, 0.25) is 0 Å². The average Bonchev–Trinajstić information content (AvgIpc) is 2.58. The molecule has 0 aliphatic carbocycles. The fourth-order valence-electron chi connectivity index (χ4n) is 2.60.